The van der Waals surface area contributed by atoms with Crippen LogP contribution in [0.2, 0.25) is 0 Å². The predicted molar refractivity (Wildman–Crippen MR) is 106 cm³/mol. The van der Waals surface area contributed by atoms with Gasteiger partial charge in [0.1, 0.15) is 24.0 Å². The van der Waals surface area contributed by atoms with Gasteiger partial charge in [0.15, 0.2) is 11.5 Å². The van der Waals surface area contributed by atoms with Crippen molar-refractivity contribution in [1.82, 2.24) is 4.98 Å². The first-order valence-corrected chi connectivity index (χ1v) is 9.69. The molecule has 2 atom stereocenters. The fourth-order valence-electron chi connectivity index (χ4n) is 4.70. The van der Waals surface area contributed by atoms with Gasteiger partial charge in [-0.15, -0.1) is 0 Å². The van der Waals surface area contributed by atoms with Crippen LogP contribution in [0.5, 0.6) is 17.2 Å². The van der Waals surface area contributed by atoms with Gasteiger partial charge < -0.3 is 24.2 Å². The van der Waals surface area contributed by atoms with Crippen LogP contribution in [0.4, 0.5) is 5.69 Å². The van der Waals surface area contributed by atoms with Crippen molar-refractivity contribution in [2.45, 2.75) is 25.1 Å². The van der Waals surface area contributed by atoms with Gasteiger partial charge in [-0.1, -0.05) is 24.3 Å². The Labute approximate surface area is 168 Å². The van der Waals surface area contributed by atoms with Crippen LogP contribution >= 0.6 is 0 Å². The third-order valence-electron chi connectivity index (χ3n) is 6.17. The molecule has 0 fully saturated rings. The molecule has 6 nitrogen and oxygen atoms in total. The maximum Gasteiger partial charge on any atom is 0.231 e. The molecule has 0 bridgehead atoms. The van der Waals surface area contributed by atoms with Crippen LogP contribution in [0.25, 0.3) is 0 Å². The number of nitrogens with zero attached hydrogens (tertiary/aromatic N) is 2. The summed E-state index contributed by atoms with van der Waals surface area (Å²) in [6, 6.07) is 16.0. The van der Waals surface area contributed by atoms with E-state index in [2.05, 4.69) is 23.2 Å². The van der Waals surface area contributed by atoms with Gasteiger partial charge in [-0.2, -0.15) is 0 Å². The van der Waals surface area contributed by atoms with Crippen molar-refractivity contribution in [3.8, 4) is 17.2 Å². The summed E-state index contributed by atoms with van der Waals surface area (Å²) in [6.45, 7) is 3.10. The van der Waals surface area contributed by atoms with Crippen molar-refractivity contribution in [2.24, 2.45) is 0 Å². The Balaban J connectivity index is 1.48. The Kier molecular flexibility index (Phi) is 3.38. The number of pyridine rings is 1. The molecule has 2 unspecified atom stereocenters. The second-order valence-corrected chi connectivity index (χ2v) is 7.79. The van der Waals surface area contributed by atoms with Crippen LogP contribution in [0.1, 0.15) is 22.4 Å². The molecular weight excluding hydrogens is 368 g/mol. The molecule has 1 aromatic heterocycles. The number of aliphatic hydroxyl groups is 1. The Morgan fingerprint density at radius 3 is 2.69 bits per heavy atom. The van der Waals surface area contributed by atoms with Gasteiger partial charge in [0.25, 0.3) is 0 Å². The van der Waals surface area contributed by atoms with Gasteiger partial charge in [0, 0.05) is 35.8 Å². The number of ether oxygens (including phenoxy) is 3. The lowest BCUT2D eigenvalue weighted by atomic mass is 9.76. The minimum atomic E-state index is -0.775. The average molecular weight is 388 g/mol. The third-order valence-corrected chi connectivity index (χ3v) is 6.17. The summed E-state index contributed by atoms with van der Waals surface area (Å²) in [7, 11) is 0. The van der Waals surface area contributed by atoms with E-state index in [1.54, 1.807) is 0 Å². The Hall–Kier alpha value is -3.25. The quantitative estimate of drug-likeness (QED) is 0.728. The van der Waals surface area contributed by atoms with Gasteiger partial charge in [-0.3, -0.25) is 4.98 Å². The van der Waals surface area contributed by atoms with Crippen molar-refractivity contribution >= 4 is 5.69 Å². The topological polar surface area (TPSA) is 64.1 Å². The lowest BCUT2D eigenvalue weighted by molar-refractivity contribution is 0.0940. The highest BCUT2D eigenvalue weighted by Gasteiger charge is 2.56. The van der Waals surface area contributed by atoms with Crippen molar-refractivity contribution in [3.05, 3.63) is 77.1 Å². The molecule has 6 heteroatoms. The summed E-state index contributed by atoms with van der Waals surface area (Å²) in [5.41, 5.74) is 4.35. The van der Waals surface area contributed by atoms with Crippen LogP contribution < -0.4 is 19.1 Å². The summed E-state index contributed by atoms with van der Waals surface area (Å²) >= 11 is 0. The zero-order valence-corrected chi connectivity index (χ0v) is 16.0. The highest BCUT2D eigenvalue weighted by atomic mass is 16.7. The number of benzene rings is 2. The Bertz CT molecular complexity index is 1110. The molecule has 1 N–H and O–H groups in total. The van der Waals surface area contributed by atoms with Gasteiger partial charge in [-0.05, 0) is 36.2 Å². The molecule has 29 heavy (non-hydrogen) atoms. The summed E-state index contributed by atoms with van der Waals surface area (Å²) in [6.07, 6.45) is 1.09. The van der Waals surface area contributed by atoms with Gasteiger partial charge in [0.05, 0.1) is 0 Å². The van der Waals surface area contributed by atoms with E-state index in [4.69, 9.17) is 14.2 Å². The first kappa shape index (κ1) is 16.7. The van der Waals surface area contributed by atoms with Crippen LogP contribution in [0.15, 0.2) is 54.7 Å². The van der Waals surface area contributed by atoms with E-state index >= 15 is 0 Å². The SMILES string of the molecule is Cc1ccc(CN2c3ccccc3C3(COc4cc5c(cc43)OCO5)C2O)cn1. The summed E-state index contributed by atoms with van der Waals surface area (Å²) in [5.74, 6) is 2.12. The number of para-hydroxylation sites is 1. The molecule has 146 valence electrons. The van der Waals surface area contributed by atoms with Crippen molar-refractivity contribution < 1.29 is 19.3 Å². The minimum Gasteiger partial charge on any atom is -0.492 e. The molecule has 3 aliphatic rings. The second-order valence-electron chi connectivity index (χ2n) is 7.79. The monoisotopic (exact) mass is 388 g/mol. The number of hydrogen-bond acceptors (Lipinski definition) is 6. The number of anilines is 1. The Morgan fingerprint density at radius 1 is 1.03 bits per heavy atom. The zero-order chi connectivity index (χ0) is 19.6. The molecule has 0 saturated heterocycles. The number of aromatic nitrogens is 1. The van der Waals surface area contributed by atoms with E-state index in [0.717, 1.165) is 33.8 Å². The van der Waals surface area contributed by atoms with Gasteiger partial charge in [-0.25, -0.2) is 0 Å². The van der Waals surface area contributed by atoms with E-state index in [-0.39, 0.29) is 6.79 Å². The van der Waals surface area contributed by atoms with Gasteiger partial charge in [0.2, 0.25) is 6.79 Å². The van der Waals surface area contributed by atoms with E-state index in [1.807, 2.05) is 48.4 Å². The van der Waals surface area contributed by atoms with Crippen LogP contribution in [-0.2, 0) is 12.0 Å². The normalized spacial score (nSPS) is 23.2. The number of fused-ring (bicyclic) bond motifs is 5. The highest BCUT2D eigenvalue weighted by molar-refractivity contribution is 5.71. The largest absolute Gasteiger partial charge is 0.492 e. The smallest absolute Gasteiger partial charge is 0.231 e. The number of aliphatic hydroxyl groups excluding tert-OH is 1. The predicted octanol–water partition coefficient (Wildman–Crippen LogP) is 3.14. The molecule has 1 spiro atoms. The summed E-state index contributed by atoms with van der Waals surface area (Å²) in [5, 5.41) is 11.6. The molecule has 3 aromatic rings. The lowest BCUT2D eigenvalue weighted by Crippen LogP contribution is -2.46. The first-order valence-electron chi connectivity index (χ1n) is 9.69. The molecular formula is C23H20N2O4. The number of aryl methyl sites for hydroxylation is 1. The van der Waals surface area contributed by atoms with E-state index in [1.165, 1.54) is 0 Å². The maximum atomic E-state index is 11.6. The standard InChI is InChI=1S/C23H20N2O4/c1-14-6-7-15(10-24-14)11-25-18-5-3-2-4-16(18)23(22(25)26)12-27-19-9-21-20(8-17(19)23)28-13-29-21/h2-10,22,26H,11-13H2,1H3. The fraction of sp³-hybridized carbons (Fsp3) is 0.261. The number of hydrogen-bond donors (Lipinski definition) is 1. The molecule has 6 rings (SSSR count). The van der Waals surface area contributed by atoms with Gasteiger partial charge >= 0.3 is 0 Å². The number of rotatable bonds is 2. The minimum absolute atomic E-state index is 0.205. The van der Waals surface area contributed by atoms with Crippen molar-refractivity contribution in [1.29, 1.82) is 0 Å². The molecule has 0 aliphatic carbocycles. The summed E-state index contributed by atoms with van der Waals surface area (Å²) in [4.78, 5) is 6.44. The molecule has 0 amide bonds. The fourth-order valence-corrected chi connectivity index (χ4v) is 4.70. The molecule has 2 aromatic carbocycles. The van der Waals surface area contributed by atoms with Crippen LogP contribution in [-0.4, -0.2) is 29.7 Å². The van der Waals surface area contributed by atoms with Crippen molar-refractivity contribution in [3.63, 3.8) is 0 Å². The second kappa shape index (κ2) is 5.87. The molecule has 0 radical (unpaired) electrons. The van der Waals surface area contributed by atoms with E-state index in [9.17, 15) is 5.11 Å². The molecule has 3 aliphatic heterocycles. The van der Waals surface area contributed by atoms with Crippen LogP contribution in [0, 0.1) is 6.92 Å². The van der Waals surface area contributed by atoms with E-state index in [0.29, 0.717) is 24.7 Å². The van der Waals surface area contributed by atoms with Crippen molar-refractivity contribution in [2.75, 3.05) is 18.3 Å². The highest BCUT2D eigenvalue weighted by Crippen LogP contribution is 2.56. The van der Waals surface area contributed by atoms with E-state index < -0.39 is 11.6 Å². The lowest BCUT2D eigenvalue weighted by Gasteiger charge is -2.32. The summed E-state index contributed by atoms with van der Waals surface area (Å²) < 4.78 is 17.2. The van der Waals surface area contributed by atoms with Crippen LogP contribution in [0.3, 0.4) is 0 Å². The molecule has 0 saturated carbocycles. The molecule has 4 heterocycles. The first-order chi connectivity index (χ1) is 14.2. The zero-order valence-electron chi connectivity index (χ0n) is 16.0. The average Bonchev–Trinajstić information content (AvgIpc) is 3.41. The maximum absolute atomic E-state index is 11.6. The Morgan fingerprint density at radius 2 is 1.86 bits per heavy atom. The third kappa shape index (κ3) is 2.23.